The van der Waals surface area contributed by atoms with Crippen LogP contribution in [0.4, 0.5) is 35.1 Å². The molecule has 115 valence electrons. The van der Waals surface area contributed by atoms with Crippen molar-refractivity contribution in [2.24, 2.45) is 4.99 Å². The molecule has 0 bridgehead atoms. The van der Waals surface area contributed by atoms with E-state index < -0.39 is 41.4 Å². The number of allylic oxidation sites excluding steroid dienone is 3. The summed E-state index contributed by atoms with van der Waals surface area (Å²) in [5.74, 6) is -23.5. The molecule has 0 aromatic heterocycles. The number of rotatable bonds is 1. The molecular weight excluding hydrogens is 478 g/mol. The molecule has 20 heavy (non-hydrogen) atoms. The molecule has 0 fully saturated rings. The zero-order valence-electron chi connectivity index (χ0n) is 9.17. The fourth-order valence-corrected chi connectivity index (χ4v) is 1.65. The maximum absolute atomic E-state index is 13.4. The topological polar surface area (TPSA) is 12.4 Å². The van der Waals surface area contributed by atoms with Gasteiger partial charge in [0.25, 0.3) is 5.92 Å². The van der Waals surface area contributed by atoms with Gasteiger partial charge in [-0.15, -0.1) is 5.57 Å². The molecule has 2 aliphatic rings. The number of hydrogen-bond acceptors (Lipinski definition) is 1. The van der Waals surface area contributed by atoms with Crippen LogP contribution in [0.3, 0.4) is 0 Å². The molecule has 0 aromatic rings. The monoisotopic (exact) mass is 483 g/mol. The van der Waals surface area contributed by atoms with E-state index in [1.54, 1.807) is 0 Å². The molecule has 0 unspecified atom stereocenters. The van der Waals surface area contributed by atoms with Crippen molar-refractivity contribution < 1.29 is 55.2 Å². The fourth-order valence-electron chi connectivity index (χ4n) is 1.65. The first kappa shape index (κ1) is 17.3. The van der Waals surface area contributed by atoms with Crippen LogP contribution in [0.1, 0.15) is 6.42 Å². The first-order chi connectivity index (χ1) is 8.45. The third kappa shape index (κ3) is 1.95. The van der Waals surface area contributed by atoms with Gasteiger partial charge in [-0.25, -0.2) is 8.78 Å². The maximum Gasteiger partial charge on any atom is 0.378 e. The molecule has 1 nitrogen and oxygen atoms in total. The normalized spacial score (nSPS) is 28.4. The number of hydrogen-bond donors (Lipinski definition) is 0. The second-order valence-corrected chi connectivity index (χ2v) is 3.96. The molecule has 2 rings (SSSR count). The minimum Gasteiger partial charge on any atom is -0.355 e. The minimum absolute atomic E-state index is 0. The van der Waals surface area contributed by atoms with Crippen LogP contribution in [-0.4, -0.2) is 29.4 Å². The fraction of sp³-hybridized carbons (Fsp3) is 0.500. The quantitative estimate of drug-likeness (QED) is 0.400. The van der Waals surface area contributed by atoms with Crippen molar-refractivity contribution in [2.75, 3.05) is 0 Å². The molecule has 0 saturated carbocycles. The van der Waals surface area contributed by atoms with E-state index in [4.69, 9.17) is 0 Å². The van der Waals surface area contributed by atoms with Crippen molar-refractivity contribution in [3.05, 3.63) is 23.9 Å². The predicted molar refractivity (Wildman–Crippen MR) is 47.7 cm³/mol. The van der Waals surface area contributed by atoms with Crippen LogP contribution in [0, 0.1) is 6.08 Å². The van der Waals surface area contributed by atoms with Crippen LogP contribution in [-0.2, 0) is 20.1 Å². The van der Waals surface area contributed by atoms with Crippen LogP contribution in [0.2, 0.25) is 0 Å². The van der Waals surface area contributed by atoms with Crippen LogP contribution >= 0.6 is 0 Å². The average molecular weight is 482 g/mol. The van der Waals surface area contributed by atoms with Crippen molar-refractivity contribution in [1.82, 2.24) is 0 Å². The molecule has 0 spiro atoms. The van der Waals surface area contributed by atoms with Gasteiger partial charge in [-0.2, -0.15) is 32.4 Å². The zero-order valence-corrected chi connectivity index (χ0v) is 11.6. The average Bonchev–Trinajstić information content (AvgIpc) is 2.76. The first-order valence-electron chi connectivity index (χ1n) is 4.84. The maximum atomic E-state index is 13.4. The summed E-state index contributed by atoms with van der Waals surface area (Å²) >= 11 is 0. The van der Waals surface area contributed by atoms with E-state index in [0.29, 0.717) is 6.08 Å². The largest absolute Gasteiger partial charge is 0.378 e. The summed E-state index contributed by atoms with van der Waals surface area (Å²) in [4.78, 5) is 3.18. The standard InChI is InChI=1S/C10H4F8N.Ir/c11-7(12)4-5(6-2-1-3-19-6)8(13,14)10(17,18)9(7,15)16;/h1,3H,2H2;/q-1;. The molecule has 1 radical (unpaired) electrons. The van der Waals surface area contributed by atoms with Crippen LogP contribution in [0.15, 0.2) is 22.8 Å². The van der Waals surface area contributed by atoms with Crippen LogP contribution in [0.25, 0.3) is 0 Å². The van der Waals surface area contributed by atoms with Gasteiger partial charge < -0.3 is 4.99 Å². The number of aliphatic imine (C=N–C) groups is 1. The minimum atomic E-state index is -6.24. The Kier molecular flexibility index (Phi) is 4.00. The first-order valence-corrected chi connectivity index (χ1v) is 4.84. The molecular formula is C10H4F8IrN-. The molecule has 1 aliphatic heterocycles. The molecule has 1 heterocycles. The summed E-state index contributed by atoms with van der Waals surface area (Å²) < 4.78 is 104. The van der Waals surface area contributed by atoms with E-state index >= 15 is 0 Å². The zero-order chi connectivity index (χ0) is 14.7. The van der Waals surface area contributed by atoms with Gasteiger partial charge >= 0.3 is 17.8 Å². The van der Waals surface area contributed by atoms with Crippen molar-refractivity contribution in [3.63, 3.8) is 0 Å². The number of halogens is 8. The SMILES string of the molecule is FC1(F)[C-]=C(C2=NC=CC2)C(F)(F)C(F)(F)C1(F)F.[Ir]. The van der Waals surface area contributed by atoms with Gasteiger partial charge in [-0.3, -0.25) is 0 Å². The van der Waals surface area contributed by atoms with Gasteiger partial charge in [0.2, 0.25) is 0 Å². The van der Waals surface area contributed by atoms with E-state index in [-0.39, 0.29) is 20.1 Å². The number of nitrogens with zero attached hydrogens (tertiary/aromatic N) is 1. The molecule has 0 atom stereocenters. The van der Waals surface area contributed by atoms with Crippen LogP contribution < -0.4 is 0 Å². The van der Waals surface area contributed by atoms with Crippen molar-refractivity contribution >= 4 is 5.71 Å². The Balaban J connectivity index is 0.00000200. The van der Waals surface area contributed by atoms with Crippen molar-refractivity contribution in [2.45, 2.75) is 30.1 Å². The third-order valence-electron chi connectivity index (χ3n) is 2.71. The third-order valence-corrected chi connectivity index (χ3v) is 2.71. The Morgan fingerprint density at radius 2 is 1.50 bits per heavy atom. The van der Waals surface area contributed by atoms with Gasteiger partial charge in [0.1, 0.15) is 0 Å². The Bertz CT molecular complexity index is 505. The summed E-state index contributed by atoms with van der Waals surface area (Å²) in [5, 5.41) is 0. The molecule has 0 amide bonds. The molecule has 10 heteroatoms. The summed E-state index contributed by atoms with van der Waals surface area (Å²) in [6.07, 6.45) is 2.12. The predicted octanol–water partition coefficient (Wildman–Crippen LogP) is 3.63. The Morgan fingerprint density at radius 1 is 0.950 bits per heavy atom. The van der Waals surface area contributed by atoms with Gasteiger partial charge in [0.15, 0.2) is 0 Å². The van der Waals surface area contributed by atoms with E-state index in [0.717, 1.165) is 12.3 Å². The van der Waals surface area contributed by atoms with Gasteiger partial charge in [0.05, 0.1) is 0 Å². The van der Waals surface area contributed by atoms with Gasteiger partial charge in [0, 0.05) is 20.1 Å². The molecule has 0 saturated heterocycles. The molecule has 0 aromatic carbocycles. The van der Waals surface area contributed by atoms with E-state index in [2.05, 4.69) is 4.99 Å². The smallest absolute Gasteiger partial charge is 0.355 e. The summed E-state index contributed by atoms with van der Waals surface area (Å²) in [6.45, 7) is 0. The molecule has 1 aliphatic carbocycles. The van der Waals surface area contributed by atoms with Gasteiger partial charge in [-0.1, -0.05) is 18.2 Å². The second kappa shape index (κ2) is 4.62. The van der Waals surface area contributed by atoms with E-state index in [1.165, 1.54) is 0 Å². The summed E-state index contributed by atoms with van der Waals surface area (Å²) in [5.41, 5.74) is -2.82. The van der Waals surface area contributed by atoms with E-state index in [1.807, 2.05) is 0 Å². The Morgan fingerprint density at radius 3 is 1.95 bits per heavy atom. The van der Waals surface area contributed by atoms with Crippen molar-refractivity contribution in [1.29, 1.82) is 0 Å². The van der Waals surface area contributed by atoms with Crippen LogP contribution in [0.5, 0.6) is 0 Å². The second-order valence-electron chi connectivity index (χ2n) is 3.96. The van der Waals surface area contributed by atoms with Crippen molar-refractivity contribution in [3.8, 4) is 0 Å². The Labute approximate surface area is 120 Å². The molecule has 0 N–H and O–H groups in total. The van der Waals surface area contributed by atoms with E-state index in [9.17, 15) is 35.1 Å². The number of alkyl halides is 8. The summed E-state index contributed by atoms with van der Waals surface area (Å²) in [6, 6.07) is 0. The Hall–Kier alpha value is -0.761. The van der Waals surface area contributed by atoms with Gasteiger partial charge in [-0.05, 0) is 6.20 Å². The summed E-state index contributed by atoms with van der Waals surface area (Å²) in [7, 11) is 0.